The summed E-state index contributed by atoms with van der Waals surface area (Å²) in [5, 5.41) is 12.0. The standard InChI is InChI=1S/C18H12Cl3N3OS/c1-24-17(16-8-11-7-12(19)3-5-15(11)25-16)22-23-18(24)26-9-10-2-4-13(20)14(21)6-10/h2-8H,9H2,1H3. The smallest absolute Gasteiger partial charge is 0.200 e. The predicted octanol–water partition coefficient (Wildman–Crippen LogP) is 6.48. The third kappa shape index (κ3) is 3.45. The molecule has 0 aliphatic rings. The number of hydrogen-bond donors (Lipinski definition) is 0. The lowest BCUT2D eigenvalue weighted by Crippen LogP contribution is -1.94. The third-order valence-electron chi connectivity index (χ3n) is 3.89. The fourth-order valence-corrected chi connectivity index (χ4v) is 3.91. The van der Waals surface area contributed by atoms with E-state index >= 15 is 0 Å². The molecule has 0 saturated carbocycles. The van der Waals surface area contributed by atoms with Crippen molar-refractivity contribution in [3.63, 3.8) is 0 Å². The van der Waals surface area contributed by atoms with E-state index in [0.717, 1.165) is 21.7 Å². The van der Waals surface area contributed by atoms with Crippen molar-refractivity contribution < 1.29 is 4.42 Å². The summed E-state index contributed by atoms with van der Waals surface area (Å²) in [5.74, 6) is 2.02. The maximum absolute atomic E-state index is 6.06. The van der Waals surface area contributed by atoms with E-state index in [-0.39, 0.29) is 0 Å². The summed E-state index contributed by atoms with van der Waals surface area (Å²) >= 11 is 19.6. The molecule has 2 aromatic carbocycles. The Morgan fingerprint density at radius 3 is 2.65 bits per heavy atom. The Kier molecular flexibility index (Phi) is 4.88. The van der Waals surface area contributed by atoms with Crippen molar-refractivity contribution in [3.05, 3.63) is 63.1 Å². The van der Waals surface area contributed by atoms with Gasteiger partial charge in [0.2, 0.25) is 0 Å². The fraction of sp³-hybridized carbons (Fsp3) is 0.111. The molecule has 0 amide bonds. The van der Waals surface area contributed by atoms with Crippen molar-refractivity contribution in [2.24, 2.45) is 7.05 Å². The van der Waals surface area contributed by atoms with Crippen LogP contribution in [0.1, 0.15) is 5.56 Å². The Balaban J connectivity index is 1.58. The molecule has 26 heavy (non-hydrogen) atoms. The second-order valence-electron chi connectivity index (χ2n) is 5.70. The van der Waals surface area contributed by atoms with Crippen LogP contribution in [0.3, 0.4) is 0 Å². The van der Waals surface area contributed by atoms with Crippen LogP contribution >= 0.6 is 46.6 Å². The number of furan rings is 1. The van der Waals surface area contributed by atoms with Crippen molar-refractivity contribution in [2.75, 3.05) is 0 Å². The fourth-order valence-electron chi connectivity index (χ4n) is 2.56. The summed E-state index contributed by atoms with van der Waals surface area (Å²) in [5.41, 5.74) is 1.82. The predicted molar refractivity (Wildman–Crippen MR) is 107 cm³/mol. The van der Waals surface area contributed by atoms with Crippen LogP contribution in [0, 0.1) is 0 Å². The molecule has 4 rings (SSSR count). The topological polar surface area (TPSA) is 43.9 Å². The first kappa shape index (κ1) is 17.7. The first-order valence-electron chi connectivity index (χ1n) is 7.67. The normalized spacial score (nSPS) is 11.4. The quantitative estimate of drug-likeness (QED) is 0.352. The molecular weight excluding hydrogens is 413 g/mol. The highest BCUT2D eigenvalue weighted by molar-refractivity contribution is 7.98. The monoisotopic (exact) mass is 423 g/mol. The zero-order valence-electron chi connectivity index (χ0n) is 13.5. The second kappa shape index (κ2) is 7.16. The zero-order valence-corrected chi connectivity index (χ0v) is 16.6. The van der Waals surface area contributed by atoms with Gasteiger partial charge in [0.05, 0.1) is 10.0 Å². The van der Waals surface area contributed by atoms with Gasteiger partial charge in [-0.3, -0.25) is 0 Å². The molecule has 0 atom stereocenters. The van der Waals surface area contributed by atoms with Crippen molar-refractivity contribution in [2.45, 2.75) is 10.9 Å². The molecule has 4 aromatic rings. The van der Waals surface area contributed by atoms with Crippen molar-refractivity contribution in [1.29, 1.82) is 0 Å². The Bertz CT molecular complexity index is 1110. The minimum absolute atomic E-state index is 0.546. The molecule has 2 aromatic heterocycles. The summed E-state index contributed by atoms with van der Waals surface area (Å²) in [4.78, 5) is 0. The van der Waals surface area contributed by atoms with Crippen molar-refractivity contribution >= 4 is 57.5 Å². The molecular formula is C18H12Cl3N3OS. The average Bonchev–Trinajstić information content (AvgIpc) is 3.18. The zero-order chi connectivity index (χ0) is 18.3. The average molecular weight is 425 g/mol. The molecule has 8 heteroatoms. The molecule has 0 unspecified atom stereocenters. The first-order valence-corrected chi connectivity index (χ1v) is 9.79. The Hall–Kier alpha value is -1.66. The van der Waals surface area contributed by atoms with Crippen molar-refractivity contribution in [3.8, 4) is 11.6 Å². The van der Waals surface area contributed by atoms with E-state index in [1.165, 1.54) is 0 Å². The molecule has 0 bridgehead atoms. The number of nitrogens with zero attached hydrogens (tertiary/aromatic N) is 3. The van der Waals surface area contributed by atoms with E-state index in [0.29, 0.717) is 32.4 Å². The summed E-state index contributed by atoms with van der Waals surface area (Å²) in [7, 11) is 1.91. The summed E-state index contributed by atoms with van der Waals surface area (Å²) in [6, 6.07) is 13.0. The summed E-state index contributed by atoms with van der Waals surface area (Å²) in [6.45, 7) is 0. The van der Waals surface area contributed by atoms with Gasteiger partial charge < -0.3 is 8.98 Å². The highest BCUT2D eigenvalue weighted by Crippen LogP contribution is 2.31. The highest BCUT2D eigenvalue weighted by atomic mass is 35.5. The SMILES string of the molecule is Cn1c(SCc2ccc(Cl)c(Cl)c2)nnc1-c1cc2cc(Cl)ccc2o1. The second-order valence-corrected chi connectivity index (χ2v) is 7.89. The van der Waals surface area contributed by atoms with E-state index in [2.05, 4.69) is 10.2 Å². The maximum Gasteiger partial charge on any atom is 0.200 e. The molecule has 0 fully saturated rings. The number of thioether (sulfide) groups is 1. The van der Waals surface area contributed by atoms with Crippen LogP contribution in [0.4, 0.5) is 0 Å². The minimum Gasteiger partial charge on any atom is -0.453 e. The minimum atomic E-state index is 0.546. The van der Waals surface area contributed by atoms with Gasteiger partial charge in [0.1, 0.15) is 5.58 Å². The maximum atomic E-state index is 6.06. The summed E-state index contributed by atoms with van der Waals surface area (Å²) < 4.78 is 7.78. The number of benzene rings is 2. The number of rotatable bonds is 4. The molecule has 0 N–H and O–H groups in total. The van der Waals surface area contributed by atoms with Crippen LogP contribution in [-0.4, -0.2) is 14.8 Å². The molecule has 0 saturated heterocycles. The number of fused-ring (bicyclic) bond motifs is 1. The van der Waals surface area contributed by atoms with Gasteiger partial charge in [-0.2, -0.15) is 0 Å². The molecule has 0 spiro atoms. The van der Waals surface area contributed by atoms with Gasteiger partial charge in [-0.05, 0) is 42.0 Å². The Morgan fingerprint density at radius 1 is 1.00 bits per heavy atom. The lowest BCUT2D eigenvalue weighted by atomic mass is 10.2. The van der Waals surface area contributed by atoms with Gasteiger partial charge in [0.15, 0.2) is 16.7 Å². The number of aromatic nitrogens is 3. The summed E-state index contributed by atoms with van der Waals surface area (Å²) in [6.07, 6.45) is 0. The van der Waals surface area contributed by atoms with Crippen LogP contribution in [0.15, 0.2) is 52.0 Å². The van der Waals surface area contributed by atoms with E-state index in [1.54, 1.807) is 23.9 Å². The van der Waals surface area contributed by atoms with Gasteiger partial charge in [0, 0.05) is 23.2 Å². The van der Waals surface area contributed by atoms with Gasteiger partial charge in [-0.15, -0.1) is 10.2 Å². The van der Waals surface area contributed by atoms with E-state index in [9.17, 15) is 0 Å². The van der Waals surface area contributed by atoms with Crippen LogP contribution in [0.2, 0.25) is 15.1 Å². The highest BCUT2D eigenvalue weighted by Gasteiger charge is 2.16. The lowest BCUT2D eigenvalue weighted by molar-refractivity contribution is 0.618. The number of hydrogen-bond acceptors (Lipinski definition) is 4. The van der Waals surface area contributed by atoms with E-state index in [4.69, 9.17) is 39.2 Å². The van der Waals surface area contributed by atoms with Crippen LogP contribution < -0.4 is 0 Å². The van der Waals surface area contributed by atoms with Gasteiger partial charge >= 0.3 is 0 Å². The van der Waals surface area contributed by atoms with Gasteiger partial charge in [-0.25, -0.2) is 0 Å². The van der Waals surface area contributed by atoms with Gasteiger partial charge in [0.25, 0.3) is 0 Å². The molecule has 4 nitrogen and oxygen atoms in total. The molecule has 0 radical (unpaired) electrons. The third-order valence-corrected chi connectivity index (χ3v) is 5.95. The number of halogens is 3. The molecule has 0 aliphatic heterocycles. The molecule has 132 valence electrons. The van der Waals surface area contributed by atoms with Gasteiger partial charge in [-0.1, -0.05) is 52.6 Å². The first-order chi connectivity index (χ1) is 12.5. The molecule has 2 heterocycles. The van der Waals surface area contributed by atoms with Crippen LogP contribution in [-0.2, 0) is 12.8 Å². The van der Waals surface area contributed by atoms with Crippen LogP contribution in [0.5, 0.6) is 0 Å². The van der Waals surface area contributed by atoms with E-state index < -0.39 is 0 Å². The van der Waals surface area contributed by atoms with E-state index in [1.807, 2.05) is 41.9 Å². The lowest BCUT2D eigenvalue weighted by Gasteiger charge is -2.04. The molecule has 0 aliphatic carbocycles. The Morgan fingerprint density at radius 2 is 1.85 bits per heavy atom. The van der Waals surface area contributed by atoms with Crippen LogP contribution in [0.25, 0.3) is 22.6 Å². The Labute approximate surface area is 169 Å². The largest absolute Gasteiger partial charge is 0.453 e. The van der Waals surface area contributed by atoms with Crippen molar-refractivity contribution in [1.82, 2.24) is 14.8 Å².